The van der Waals surface area contributed by atoms with Crippen molar-refractivity contribution in [2.45, 2.75) is 19.8 Å². The van der Waals surface area contributed by atoms with Crippen molar-refractivity contribution in [2.24, 2.45) is 0 Å². The standard InChI is InChI=1S/C26H34N6O/c1-19-17-21(33-6)10-11-22(19)20-9-12-24-23(18-20)25(31(4)15-7-13-27)29-26(28-24)32(5)16-8-14-30(2)3/h9-12,17-18H,7-8,14-16H2,1-6H3. The number of hydrogen-bond acceptors (Lipinski definition) is 7. The van der Waals surface area contributed by atoms with E-state index in [0.29, 0.717) is 18.9 Å². The smallest absolute Gasteiger partial charge is 0.227 e. The lowest BCUT2D eigenvalue weighted by molar-refractivity contribution is 0.401. The number of anilines is 2. The number of aromatic nitrogens is 2. The summed E-state index contributed by atoms with van der Waals surface area (Å²) >= 11 is 0. The summed E-state index contributed by atoms with van der Waals surface area (Å²) in [6.45, 7) is 4.58. The highest BCUT2D eigenvalue weighted by atomic mass is 16.5. The van der Waals surface area contributed by atoms with Crippen LogP contribution in [0.5, 0.6) is 5.75 Å². The molecule has 0 spiro atoms. The molecular formula is C26H34N6O. The van der Waals surface area contributed by atoms with Gasteiger partial charge in [0.25, 0.3) is 0 Å². The summed E-state index contributed by atoms with van der Waals surface area (Å²) in [6, 6.07) is 14.7. The van der Waals surface area contributed by atoms with E-state index in [9.17, 15) is 0 Å². The summed E-state index contributed by atoms with van der Waals surface area (Å²) in [5, 5.41) is 10.1. The van der Waals surface area contributed by atoms with E-state index < -0.39 is 0 Å². The average molecular weight is 447 g/mol. The van der Waals surface area contributed by atoms with Crippen LogP contribution in [0.3, 0.4) is 0 Å². The topological polar surface area (TPSA) is 68.5 Å². The minimum absolute atomic E-state index is 0.438. The molecule has 2 aromatic carbocycles. The van der Waals surface area contributed by atoms with Gasteiger partial charge in [0.05, 0.1) is 25.1 Å². The van der Waals surface area contributed by atoms with E-state index in [1.807, 2.05) is 26.2 Å². The lowest BCUT2D eigenvalue weighted by atomic mass is 9.99. The molecular weight excluding hydrogens is 412 g/mol. The van der Waals surface area contributed by atoms with Crippen LogP contribution in [0.4, 0.5) is 11.8 Å². The number of nitriles is 1. The van der Waals surface area contributed by atoms with E-state index in [-0.39, 0.29) is 0 Å². The van der Waals surface area contributed by atoms with Crippen molar-refractivity contribution in [3.63, 3.8) is 0 Å². The van der Waals surface area contributed by atoms with Crippen LogP contribution in [0.1, 0.15) is 18.4 Å². The first-order chi connectivity index (χ1) is 15.8. The van der Waals surface area contributed by atoms with E-state index in [4.69, 9.17) is 20.0 Å². The molecule has 0 fully saturated rings. The molecule has 0 unspecified atom stereocenters. The van der Waals surface area contributed by atoms with Crippen LogP contribution in [-0.4, -0.2) is 69.8 Å². The highest BCUT2D eigenvalue weighted by molar-refractivity contribution is 5.94. The second kappa shape index (κ2) is 11.0. The van der Waals surface area contributed by atoms with Crippen molar-refractivity contribution in [1.29, 1.82) is 5.26 Å². The Morgan fingerprint density at radius 1 is 0.939 bits per heavy atom. The fraction of sp³-hybridized carbons (Fsp3) is 0.423. The molecule has 0 bridgehead atoms. The molecule has 0 N–H and O–H groups in total. The summed E-state index contributed by atoms with van der Waals surface area (Å²) in [5.41, 5.74) is 4.29. The molecule has 1 heterocycles. The highest BCUT2D eigenvalue weighted by Crippen LogP contribution is 2.33. The van der Waals surface area contributed by atoms with Crippen LogP contribution in [-0.2, 0) is 0 Å². The lowest BCUT2D eigenvalue weighted by Gasteiger charge is -2.23. The molecule has 7 nitrogen and oxygen atoms in total. The Bertz CT molecular complexity index is 1140. The summed E-state index contributed by atoms with van der Waals surface area (Å²) in [7, 11) is 9.86. The van der Waals surface area contributed by atoms with Crippen LogP contribution in [0.25, 0.3) is 22.0 Å². The van der Waals surface area contributed by atoms with Crippen LogP contribution in [0, 0.1) is 18.3 Å². The monoisotopic (exact) mass is 446 g/mol. The van der Waals surface area contributed by atoms with E-state index >= 15 is 0 Å². The van der Waals surface area contributed by atoms with Gasteiger partial charge in [-0.15, -0.1) is 0 Å². The molecule has 0 saturated heterocycles. The van der Waals surface area contributed by atoms with Gasteiger partial charge < -0.3 is 19.4 Å². The minimum Gasteiger partial charge on any atom is -0.497 e. The first kappa shape index (κ1) is 24.3. The van der Waals surface area contributed by atoms with Crippen molar-refractivity contribution in [3.05, 3.63) is 42.0 Å². The first-order valence-corrected chi connectivity index (χ1v) is 11.2. The van der Waals surface area contributed by atoms with Gasteiger partial charge in [0.2, 0.25) is 5.95 Å². The third kappa shape index (κ3) is 5.91. The zero-order valence-electron chi connectivity index (χ0n) is 20.6. The van der Waals surface area contributed by atoms with E-state index in [1.165, 1.54) is 0 Å². The normalized spacial score (nSPS) is 11.0. The van der Waals surface area contributed by atoms with Crippen LogP contribution in [0.2, 0.25) is 0 Å². The molecule has 174 valence electrons. The predicted octanol–water partition coefficient (Wildman–Crippen LogP) is 4.35. The fourth-order valence-corrected chi connectivity index (χ4v) is 3.86. The zero-order valence-corrected chi connectivity index (χ0v) is 20.6. The molecule has 0 aliphatic rings. The number of methoxy groups -OCH3 is 1. The van der Waals surface area contributed by atoms with Crippen molar-refractivity contribution in [1.82, 2.24) is 14.9 Å². The molecule has 3 rings (SSSR count). The molecule has 0 atom stereocenters. The minimum atomic E-state index is 0.438. The van der Waals surface area contributed by atoms with Crippen molar-refractivity contribution in [2.75, 3.05) is 64.7 Å². The predicted molar refractivity (Wildman–Crippen MR) is 136 cm³/mol. The Morgan fingerprint density at radius 2 is 1.73 bits per heavy atom. The Morgan fingerprint density at radius 3 is 2.39 bits per heavy atom. The maximum absolute atomic E-state index is 9.09. The maximum atomic E-state index is 9.09. The van der Waals surface area contributed by atoms with Gasteiger partial charge in [-0.1, -0.05) is 12.1 Å². The zero-order chi connectivity index (χ0) is 24.0. The summed E-state index contributed by atoms with van der Waals surface area (Å²) in [5.74, 6) is 2.39. The van der Waals surface area contributed by atoms with Crippen LogP contribution >= 0.6 is 0 Å². The number of aryl methyl sites for hydroxylation is 1. The number of nitrogens with zero attached hydrogens (tertiary/aromatic N) is 6. The fourth-order valence-electron chi connectivity index (χ4n) is 3.86. The lowest BCUT2D eigenvalue weighted by Crippen LogP contribution is -2.26. The van der Waals surface area contributed by atoms with E-state index in [1.54, 1.807) is 7.11 Å². The number of fused-ring (bicyclic) bond motifs is 1. The van der Waals surface area contributed by atoms with Gasteiger partial charge in [-0.2, -0.15) is 10.2 Å². The highest BCUT2D eigenvalue weighted by Gasteiger charge is 2.16. The first-order valence-electron chi connectivity index (χ1n) is 11.2. The van der Waals surface area contributed by atoms with Gasteiger partial charge >= 0.3 is 0 Å². The Balaban J connectivity index is 2.04. The average Bonchev–Trinajstić information content (AvgIpc) is 2.81. The summed E-state index contributed by atoms with van der Waals surface area (Å²) < 4.78 is 5.36. The number of ether oxygens (including phenoxy) is 1. The number of benzene rings is 2. The molecule has 3 aromatic rings. The van der Waals surface area contributed by atoms with Gasteiger partial charge in [-0.05, 0) is 74.9 Å². The summed E-state index contributed by atoms with van der Waals surface area (Å²) in [4.78, 5) is 16.1. The third-order valence-corrected chi connectivity index (χ3v) is 5.77. The van der Waals surface area contributed by atoms with Gasteiger partial charge in [-0.3, -0.25) is 0 Å². The molecule has 0 aliphatic heterocycles. The molecule has 33 heavy (non-hydrogen) atoms. The van der Waals surface area contributed by atoms with Crippen molar-refractivity contribution in [3.8, 4) is 22.9 Å². The second-order valence-electron chi connectivity index (χ2n) is 8.67. The Kier molecular flexibility index (Phi) is 8.07. The molecule has 0 radical (unpaired) electrons. The van der Waals surface area contributed by atoms with Crippen LogP contribution in [0.15, 0.2) is 36.4 Å². The van der Waals surface area contributed by atoms with E-state index in [2.05, 4.69) is 66.1 Å². The Labute approximate surface area is 197 Å². The molecule has 1 aromatic heterocycles. The molecule has 7 heteroatoms. The van der Waals surface area contributed by atoms with Gasteiger partial charge in [0, 0.05) is 32.6 Å². The van der Waals surface area contributed by atoms with Crippen molar-refractivity contribution < 1.29 is 4.74 Å². The largest absolute Gasteiger partial charge is 0.497 e. The maximum Gasteiger partial charge on any atom is 0.227 e. The number of hydrogen-bond donors (Lipinski definition) is 0. The molecule has 0 aliphatic carbocycles. The van der Waals surface area contributed by atoms with Gasteiger partial charge in [-0.25, -0.2) is 4.98 Å². The number of rotatable bonds is 10. The van der Waals surface area contributed by atoms with E-state index in [0.717, 1.165) is 58.7 Å². The van der Waals surface area contributed by atoms with Crippen molar-refractivity contribution >= 4 is 22.7 Å². The second-order valence-corrected chi connectivity index (χ2v) is 8.67. The van der Waals surface area contributed by atoms with Gasteiger partial charge in [0.1, 0.15) is 11.6 Å². The molecule has 0 amide bonds. The molecule has 0 saturated carbocycles. The SMILES string of the molecule is COc1ccc(-c2ccc3nc(N(C)CCCN(C)C)nc(N(C)CCC#N)c3c2)c(C)c1. The Hall–Kier alpha value is -3.37. The summed E-state index contributed by atoms with van der Waals surface area (Å²) in [6.07, 6.45) is 1.47. The van der Waals surface area contributed by atoms with Gasteiger partial charge in [0.15, 0.2) is 0 Å². The quantitative estimate of drug-likeness (QED) is 0.458. The van der Waals surface area contributed by atoms with Crippen LogP contribution < -0.4 is 14.5 Å². The third-order valence-electron chi connectivity index (χ3n) is 5.77.